The van der Waals surface area contributed by atoms with Gasteiger partial charge in [-0.15, -0.1) is 0 Å². The van der Waals surface area contributed by atoms with Crippen LogP contribution in [0.2, 0.25) is 0 Å². The highest BCUT2D eigenvalue weighted by Gasteiger charge is 2.42. The predicted molar refractivity (Wildman–Crippen MR) is 80.5 cm³/mol. The van der Waals surface area contributed by atoms with Gasteiger partial charge in [-0.3, -0.25) is 4.90 Å². The standard InChI is InChI=1S/C16H32N2O/c1-14(2)18-11-9-17(10-12-18)8-7-16(5-6-16)13-19-15(3)4/h14-15H,5-13H2,1-4H3. The molecule has 0 amide bonds. The summed E-state index contributed by atoms with van der Waals surface area (Å²) in [6, 6.07) is 0.705. The van der Waals surface area contributed by atoms with Crippen molar-refractivity contribution in [2.75, 3.05) is 39.3 Å². The Morgan fingerprint density at radius 3 is 2.11 bits per heavy atom. The van der Waals surface area contributed by atoms with Gasteiger partial charge in [0.1, 0.15) is 0 Å². The Hall–Kier alpha value is -0.120. The molecule has 2 aliphatic rings. The maximum absolute atomic E-state index is 5.83. The van der Waals surface area contributed by atoms with E-state index in [0.29, 0.717) is 17.6 Å². The molecule has 1 heterocycles. The van der Waals surface area contributed by atoms with E-state index in [1.165, 1.54) is 52.0 Å². The Morgan fingerprint density at radius 2 is 1.63 bits per heavy atom. The number of piperazine rings is 1. The second kappa shape index (κ2) is 6.55. The average molecular weight is 268 g/mol. The van der Waals surface area contributed by atoms with Crippen LogP contribution in [0.25, 0.3) is 0 Å². The van der Waals surface area contributed by atoms with E-state index < -0.39 is 0 Å². The van der Waals surface area contributed by atoms with Crippen LogP contribution in [0.3, 0.4) is 0 Å². The fourth-order valence-electron chi connectivity index (χ4n) is 2.89. The minimum absolute atomic E-state index is 0.382. The molecule has 0 unspecified atom stereocenters. The SMILES string of the molecule is CC(C)OCC1(CCN2CCN(C(C)C)CC2)CC1. The number of hydrogen-bond acceptors (Lipinski definition) is 3. The first-order valence-electron chi connectivity index (χ1n) is 8.09. The molecule has 3 heteroatoms. The van der Waals surface area contributed by atoms with E-state index in [0.717, 1.165) is 6.61 Å². The Kier molecular flexibility index (Phi) is 5.27. The molecule has 0 radical (unpaired) electrons. The minimum Gasteiger partial charge on any atom is -0.378 e. The van der Waals surface area contributed by atoms with Gasteiger partial charge in [-0.1, -0.05) is 0 Å². The van der Waals surface area contributed by atoms with Crippen molar-refractivity contribution >= 4 is 0 Å². The summed E-state index contributed by atoms with van der Waals surface area (Å²) in [7, 11) is 0. The van der Waals surface area contributed by atoms with Crippen LogP contribution in [-0.2, 0) is 4.74 Å². The lowest BCUT2D eigenvalue weighted by Gasteiger charge is -2.37. The summed E-state index contributed by atoms with van der Waals surface area (Å²) in [6.45, 7) is 16.1. The molecule has 0 aromatic rings. The fourth-order valence-corrected chi connectivity index (χ4v) is 2.89. The van der Waals surface area contributed by atoms with Crippen molar-refractivity contribution in [2.45, 2.75) is 59.1 Å². The highest BCUT2D eigenvalue weighted by atomic mass is 16.5. The number of nitrogens with zero attached hydrogens (tertiary/aromatic N) is 2. The van der Waals surface area contributed by atoms with Gasteiger partial charge in [0.15, 0.2) is 0 Å². The van der Waals surface area contributed by atoms with Crippen LogP contribution < -0.4 is 0 Å². The molecule has 0 spiro atoms. The lowest BCUT2D eigenvalue weighted by molar-refractivity contribution is 0.0342. The third-order valence-corrected chi connectivity index (χ3v) is 4.78. The molecule has 19 heavy (non-hydrogen) atoms. The Morgan fingerprint density at radius 1 is 1.00 bits per heavy atom. The molecular weight excluding hydrogens is 236 g/mol. The average Bonchev–Trinajstić information content (AvgIpc) is 3.15. The zero-order chi connectivity index (χ0) is 13.9. The minimum atomic E-state index is 0.382. The van der Waals surface area contributed by atoms with Gasteiger partial charge >= 0.3 is 0 Å². The van der Waals surface area contributed by atoms with E-state index in [-0.39, 0.29) is 0 Å². The van der Waals surface area contributed by atoms with Gasteiger partial charge < -0.3 is 9.64 Å². The maximum atomic E-state index is 5.83. The van der Waals surface area contributed by atoms with Gasteiger partial charge in [0.05, 0.1) is 12.7 Å². The van der Waals surface area contributed by atoms with E-state index in [2.05, 4.69) is 37.5 Å². The summed E-state index contributed by atoms with van der Waals surface area (Å²) in [5.41, 5.74) is 0.541. The van der Waals surface area contributed by atoms with Crippen LogP contribution in [0.4, 0.5) is 0 Å². The molecule has 0 N–H and O–H groups in total. The van der Waals surface area contributed by atoms with Crippen LogP contribution in [-0.4, -0.2) is 61.3 Å². The Bertz CT molecular complexity index is 266. The smallest absolute Gasteiger partial charge is 0.0526 e. The van der Waals surface area contributed by atoms with Gasteiger partial charge in [0.25, 0.3) is 0 Å². The monoisotopic (exact) mass is 268 g/mol. The highest BCUT2D eigenvalue weighted by Crippen LogP contribution is 2.49. The quantitative estimate of drug-likeness (QED) is 0.706. The Labute approximate surface area is 119 Å². The summed E-state index contributed by atoms with van der Waals surface area (Å²) in [6.07, 6.45) is 4.48. The topological polar surface area (TPSA) is 15.7 Å². The lowest BCUT2D eigenvalue weighted by atomic mass is 10.0. The van der Waals surface area contributed by atoms with Gasteiger partial charge in [0, 0.05) is 32.2 Å². The van der Waals surface area contributed by atoms with E-state index in [4.69, 9.17) is 4.74 Å². The molecule has 0 atom stereocenters. The zero-order valence-electron chi connectivity index (χ0n) is 13.3. The van der Waals surface area contributed by atoms with Crippen LogP contribution in [0.5, 0.6) is 0 Å². The molecule has 3 nitrogen and oxygen atoms in total. The van der Waals surface area contributed by atoms with E-state index in [1.807, 2.05) is 0 Å². The molecule has 0 aromatic carbocycles. The van der Waals surface area contributed by atoms with Gasteiger partial charge in [-0.25, -0.2) is 0 Å². The van der Waals surface area contributed by atoms with Crippen molar-refractivity contribution in [3.63, 3.8) is 0 Å². The van der Waals surface area contributed by atoms with Crippen molar-refractivity contribution in [3.05, 3.63) is 0 Å². The molecule has 1 saturated carbocycles. The fraction of sp³-hybridized carbons (Fsp3) is 1.00. The summed E-state index contributed by atoms with van der Waals surface area (Å²) in [4.78, 5) is 5.24. The van der Waals surface area contributed by atoms with Crippen LogP contribution in [0.1, 0.15) is 47.0 Å². The first kappa shape index (κ1) is 15.3. The normalized spacial score (nSPS) is 24.3. The van der Waals surface area contributed by atoms with E-state index in [1.54, 1.807) is 0 Å². The molecule has 2 rings (SSSR count). The van der Waals surface area contributed by atoms with Crippen LogP contribution >= 0.6 is 0 Å². The second-order valence-electron chi connectivity index (χ2n) is 7.08. The maximum Gasteiger partial charge on any atom is 0.0526 e. The summed E-state index contributed by atoms with van der Waals surface area (Å²) in [5, 5.41) is 0. The number of hydrogen-bond donors (Lipinski definition) is 0. The van der Waals surface area contributed by atoms with E-state index in [9.17, 15) is 0 Å². The molecule has 1 aliphatic carbocycles. The molecule has 112 valence electrons. The van der Waals surface area contributed by atoms with Gasteiger partial charge in [-0.2, -0.15) is 0 Å². The molecule has 2 fully saturated rings. The zero-order valence-corrected chi connectivity index (χ0v) is 13.3. The molecule has 0 aromatic heterocycles. The van der Waals surface area contributed by atoms with Crippen LogP contribution in [0, 0.1) is 5.41 Å². The van der Waals surface area contributed by atoms with Gasteiger partial charge in [-0.05, 0) is 58.9 Å². The van der Waals surface area contributed by atoms with Crippen molar-refractivity contribution in [3.8, 4) is 0 Å². The van der Waals surface area contributed by atoms with Crippen molar-refractivity contribution in [2.24, 2.45) is 5.41 Å². The highest BCUT2D eigenvalue weighted by molar-refractivity contribution is 4.94. The van der Waals surface area contributed by atoms with Crippen LogP contribution in [0.15, 0.2) is 0 Å². The number of rotatable bonds is 7. The predicted octanol–water partition coefficient (Wildman–Crippen LogP) is 2.61. The van der Waals surface area contributed by atoms with Crippen molar-refractivity contribution in [1.29, 1.82) is 0 Å². The molecule has 1 aliphatic heterocycles. The summed E-state index contributed by atoms with van der Waals surface area (Å²) >= 11 is 0. The largest absolute Gasteiger partial charge is 0.378 e. The second-order valence-corrected chi connectivity index (χ2v) is 7.08. The van der Waals surface area contributed by atoms with Crippen molar-refractivity contribution in [1.82, 2.24) is 9.80 Å². The summed E-state index contributed by atoms with van der Waals surface area (Å²) in [5.74, 6) is 0. The molecular formula is C16H32N2O. The van der Waals surface area contributed by atoms with Crippen molar-refractivity contribution < 1.29 is 4.74 Å². The first-order chi connectivity index (χ1) is 9.01. The summed E-state index contributed by atoms with van der Waals surface area (Å²) < 4.78 is 5.83. The lowest BCUT2D eigenvalue weighted by Crippen LogP contribution is -2.49. The van der Waals surface area contributed by atoms with Gasteiger partial charge in [0.2, 0.25) is 0 Å². The molecule has 0 bridgehead atoms. The molecule has 1 saturated heterocycles. The first-order valence-corrected chi connectivity index (χ1v) is 8.09. The van der Waals surface area contributed by atoms with E-state index >= 15 is 0 Å². The third-order valence-electron chi connectivity index (χ3n) is 4.78. The number of ether oxygens (including phenoxy) is 1. The Balaban J connectivity index is 1.64. The third kappa shape index (κ3) is 4.73.